The van der Waals surface area contributed by atoms with Crippen molar-refractivity contribution in [3.05, 3.63) is 28.7 Å². The molecule has 1 aliphatic carbocycles. The fourth-order valence-electron chi connectivity index (χ4n) is 3.66. The first-order chi connectivity index (χ1) is 11.3. The van der Waals surface area contributed by atoms with Crippen LogP contribution in [0.15, 0.2) is 11.6 Å². The first kappa shape index (κ1) is 14.9. The molecule has 5 nitrogen and oxygen atoms in total. The average Bonchev–Trinajstić information content (AvgIpc) is 3.23. The standard InChI is InChI=1S/C17H22N4OS/c1-12-19-15-6-2-5-14(15)16(20-12)21-8-3-4-13(10-21)11-22-17-18-7-9-23-17/h7,9,13H,2-6,8,10-11H2,1H3. The van der Waals surface area contributed by atoms with E-state index in [0.717, 1.165) is 43.6 Å². The molecule has 3 heterocycles. The van der Waals surface area contributed by atoms with Crippen LogP contribution < -0.4 is 9.64 Å². The number of piperidine rings is 1. The van der Waals surface area contributed by atoms with Crippen LogP contribution in [0.2, 0.25) is 0 Å². The first-order valence-electron chi connectivity index (χ1n) is 8.43. The minimum atomic E-state index is 0.542. The van der Waals surface area contributed by atoms with E-state index in [0.29, 0.717) is 5.92 Å². The minimum absolute atomic E-state index is 0.542. The summed E-state index contributed by atoms with van der Waals surface area (Å²) in [5, 5.41) is 2.73. The molecule has 0 saturated carbocycles. The summed E-state index contributed by atoms with van der Waals surface area (Å²) < 4.78 is 5.83. The maximum absolute atomic E-state index is 5.83. The van der Waals surface area contributed by atoms with Gasteiger partial charge in [0.2, 0.25) is 0 Å². The molecule has 1 fully saturated rings. The monoisotopic (exact) mass is 330 g/mol. The van der Waals surface area contributed by atoms with Gasteiger partial charge in [-0.3, -0.25) is 0 Å². The highest BCUT2D eigenvalue weighted by molar-refractivity contribution is 7.11. The summed E-state index contributed by atoms with van der Waals surface area (Å²) >= 11 is 1.56. The molecular weight excluding hydrogens is 308 g/mol. The lowest BCUT2D eigenvalue weighted by Gasteiger charge is -2.34. The van der Waals surface area contributed by atoms with Crippen LogP contribution in [-0.4, -0.2) is 34.6 Å². The van der Waals surface area contributed by atoms with Crippen LogP contribution in [0.5, 0.6) is 5.19 Å². The van der Waals surface area contributed by atoms with E-state index in [2.05, 4.69) is 14.9 Å². The smallest absolute Gasteiger partial charge is 0.273 e. The van der Waals surface area contributed by atoms with Crippen molar-refractivity contribution in [2.75, 3.05) is 24.6 Å². The van der Waals surface area contributed by atoms with Crippen LogP contribution in [0, 0.1) is 12.8 Å². The van der Waals surface area contributed by atoms with E-state index in [9.17, 15) is 0 Å². The Bertz CT molecular complexity index is 673. The van der Waals surface area contributed by atoms with Gasteiger partial charge in [0, 0.05) is 41.8 Å². The zero-order valence-corrected chi connectivity index (χ0v) is 14.3. The Morgan fingerprint density at radius 3 is 3.13 bits per heavy atom. The van der Waals surface area contributed by atoms with Gasteiger partial charge in [-0.15, -0.1) is 0 Å². The number of ether oxygens (including phenoxy) is 1. The number of aryl methyl sites for hydroxylation is 2. The number of rotatable bonds is 4. The lowest BCUT2D eigenvalue weighted by atomic mass is 9.98. The van der Waals surface area contributed by atoms with Crippen LogP contribution in [-0.2, 0) is 12.8 Å². The van der Waals surface area contributed by atoms with Gasteiger partial charge in [-0.1, -0.05) is 11.3 Å². The summed E-state index contributed by atoms with van der Waals surface area (Å²) in [7, 11) is 0. The van der Waals surface area contributed by atoms with Gasteiger partial charge in [-0.25, -0.2) is 15.0 Å². The van der Waals surface area contributed by atoms with E-state index >= 15 is 0 Å². The lowest BCUT2D eigenvalue weighted by molar-refractivity contribution is 0.227. The summed E-state index contributed by atoms with van der Waals surface area (Å²) in [6.07, 6.45) is 7.65. The molecular formula is C17H22N4OS. The number of anilines is 1. The van der Waals surface area contributed by atoms with E-state index in [1.165, 1.54) is 36.3 Å². The van der Waals surface area contributed by atoms with Crippen LogP contribution in [0.25, 0.3) is 0 Å². The molecule has 0 aromatic carbocycles. The SMILES string of the molecule is Cc1nc2c(c(N3CCCC(COc4nccs4)C3)n1)CCC2. The van der Waals surface area contributed by atoms with Crippen LogP contribution in [0.3, 0.4) is 0 Å². The first-order valence-corrected chi connectivity index (χ1v) is 9.31. The maximum Gasteiger partial charge on any atom is 0.273 e. The zero-order chi connectivity index (χ0) is 15.6. The molecule has 2 aliphatic rings. The average molecular weight is 330 g/mol. The van der Waals surface area contributed by atoms with Gasteiger partial charge in [-0.2, -0.15) is 0 Å². The second kappa shape index (κ2) is 6.43. The van der Waals surface area contributed by atoms with Gasteiger partial charge in [0.25, 0.3) is 5.19 Å². The molecule has 23 heavy (non-hydrogen) atoms. The van der Waals surface area contributed by atoms with Crippen LogP contribution >= 0.6 is 11.3 Å². The second-order valence-corrected chi connectivity index (χ2v) is 7.29. The molecule has 2 aromatic heterocycles. The number of hydrogen-bond acceptors (Lipinski definition) is 6. The molecule has 0 N–H and O–H groups in total. The Labute approximate surface area is 140 Å². The molecule has 4 rings (SSSR count). The largest absolute Gasteiger partial charge is 0.470 e. The fourth-order valence-corrected chi connectivity index (χ4v) is 4.15. The minimum Gasteiger partial charge on any atom is -0.470 e. The van der Waals surface area contributed by atoms with Gasteiger partial charge >= 0.3 is 0 Å². The van der Waals surface area contributed by atoms with Gasteiger partial charge in [0.05, 0.1) is 6.61 Å². The number of thiazole rings is 1. The van der Waals surface area contributed by atoms with Crippen LogP contribution in [0.4, 0.5) is 5.82 Å². The van der Waals surface area contributed by atoms with Crippen molar-refractivity contribution in [3.8, 4) is 5.19 Å². The van der Waals surface area contributed by atoms with Gasteiger partial charge in [-0.05, 0) is 39.0 Å². The van der Waals surface area contributed by atoms with Crippen molar-refractivity contribution in [3.63, 3.8) is 0 Å². The van der Waals surface area contributed by atoms with Gasteiger partial charge in [0.15, 0.2) is 0 Å². The molecule has 0 spiro atoms. The second-order valence-electron chi connectivity index (χ2n) is 6.44. The molecule has 0 bridgehead atoms. The lowest BCUT2D eigenvalue weighted by Crippen LogP contribution is -2.39. The molecule has 0 radical (unpaired) electrons. The molecule has 1 unspecified atom stereocenters. The zero-order valence-electron chi connectivity index (χ0n) is 13.5. The van der Waals surface area contributed by atoms with E-state index in [4.69, 9.17) is 9.72 Å². The number of nitrogens with zero attached hydrogens (tertiary/aromatic N) is 4. The Balaban J connectivity index is 1.47. The third kappa shape index (κ3) is 3.17. The van der Waals surface area contributed by atoms with E-state index in [-0.39, 0.29) is 0 Å². The topological polar surface area (TPSA) is 51.1 Å². The molecule has 122 valence electrons. The van der Waals surface area contributed by atoms with Crippen molar-refractivity contribution in [1.29, 1.82) is 0 Å². The third-order valence-corrected chi connectivity index (χ3v) is 5.38. The highest BCUT2D eigenvalue weighted by Crippen LogP contribution is 2.31. The maximum atomic E-state index is 5.83. The van der Waals surface area contributed by atoms with Crippen molar-refractivity contribution in [2.24, 2.45) is 5.92 Å². The quantitative estimate of drug-likeness (QED) is 0.862. The van der Waals surface area contributed by atoms with Crippen LogP contribution in [0.1, 0.15) is 36.3 Å². The molecule has 1 aliphatic heterocycles. The molecule has 2 aromatic rings. The van der Waals surface area contributed by atoms with E-state index in [1.54, 1.807) is 17.5 Å². The fraction of sp³-hybridized carbons (Fsp3) is 0.588. The Morgan fingerprint density at radius 2 is 2.26 bits per heavy atom. The van der Waals surface area contributed by atoms with E-state index in [1.807, 2.05) is 12.3 Å². The predicted octanol–water partition coefficient (Wildman–Crippen LogP) is 3.03. The van der Waals surface area contributed by atoms with Gasteiger partial charge < -0.3 is 9.64 Å². The summed E-state index contributed by atoms with van der Waals surface area (Å²) in [6.45, 7) is 4.87. The summed E-state index contributed by atoms with van der Waals surface area (Å²) in [6, 6.07) is 0. The highest BCUT2D eigenvalue weighted by Gasteiger charge is 2.27. The summed E-state index contributed by atoms with van der Waals surface area (Å²) in [5.41, 5.74) is 2.66. The number of hydrogen-bond donors (Lipinski definition) is 0. The Morgan fingerprint density at radius 1 is 1.30 bits per heavy atom. The predicted molar refractivity (Wildman–Crippen MR) is 91.3 cm³/mol. The number of fused-ring (bicyclic) bond motifs is 1. The summed E-state index contributed by atoms with van der Waals surface area (Å²) in [4.78, 5) is 16.1. The van der Waals surface area contributed by atoms with Crippen molar-refractivity contribution >= 4 is 17.2 Å². The van der Waals surface area contributed by atoms with Gasteiger partial charge in [0.1, 0.15) is 11.6 Å². The Hall–Kier alpha value is -1.69. The molecule has 6 heteroatoms. The third-order valence-electron chi connectivity index (χ3n) is 4.69. The van der Waals surface area contributed by atoms with E-state index < -0.39 is 0 Å². The Kier molecular flexibility index (Phi) is 4.16. The van der Waals surface area contributed by atoms with Crippen molar-refractivity contribution in [2.45, 2.75) is 39.0 Å². The summed E-state index contributed by atoms with van der Waals surface area (Å²) in [5.74, 6) is 2.63. The molecule has 1 atom stereocenters. The normalized spacial score (nSPS) is 20.6. The molecule has 1 saturated heterocycles. The highest BCUT2D eigenvalue weighted by atomic mass is 32.1. The van der Waals surface area contributed by atoms with Crippen molar-refractivity contribution < 1.29 is 4.74 Å². The molecule has 0 amide bonds. The van der Waals surface area contributed by atoms with Crippen molar-refractivity contribution in [1.82, 2.24) is 15.0 Å². The number of aromatic nitrogens is 3.